The van der Waals surface area contributed by atoms with E-state index in [1.807, 2.05) is 0 Å². The molecule has 0 unspecified atom stereocenters. The minimum atomic E-state index is -4.39. The van der Waals surface area contributed by atoms with E-state index in [9.17, 15) is 34.4 Å². The Hall–Kier alpha value is -4.44. The van der Waals surface area contributed by atoms with Gasteiger partial charge in [-0.15, -0.1) is 10.2 Å². The van der Waals surface area contributed by atoms with Gasteiger partial charge in [-0.05, 0) is 60.7 Å². The molecule has 2 aromatic carbocycles. The van der Waals surface area contributed by atoms with Crippen molar-refractivity contribution in [2.24, 2.45) is 0 Å². The second-order valence-corrected chi connectivity index (χ2v) is 14.4. The summed E-state index contributed by atoms with van der Waals surface area (Å²) in [6.07, 6.45) is 2.93. The van der Waals surface area contributed by atoms with Crippen LogP contribution in [0.3, 0.4) is 0 Å². The van der Waals surface area contributed by atoms with E-state index in [4.69, 9.17) is 4.74 Å². The summed E-state index contributed by atoms with van der Waals surface area (Å²) < 4.78 is 101. The number of benzene rings is 2. The van der Waals surface area contributed by atoms with Gasteiger partial charge in [0.1, 0.15) is 11.4 Å². The number of pyridine rings is 1. The van der Waals surface area contributed by atoms with Gasteiger partial charge in [-0.2, -0.15) is 21.1 Å². The second kappa shape index (κ2) is 11.5. The van der Waals surface area contributed by atoms with Crippen molar-refractivity contribution in [1.82, 2.24) is 39.3 Å². The van der Waals surface area contributed by atoms with E-state index in [0.29, 0.717) is 11.4 Å². The van der Waals surface area contributed by atoms with E-state index in [0.717, 1.165) is 0 Å². The number of rotatable bonds is 8. The average Bonchev–Trinajstić information content (AvgIpc) is 3.72. The van der Waals surface area contributed by atoms with E-state index in [1.54, 1.807) is 0 Å². The Morgan fingerprint density at radius 1 is 0.600 bits per heavy atom. The summed E-state index contributed by atoms with van der Waals surface area (Å²) in [5.74, 6) is 0. The molecule has 0 spiro atoms. The van der Waals surface area contributed by atoms with Crippen LogP contribution < -0.4 is 0 Å². The SMILES string of the molecule is O=S(=O)(O)c1ccc(-n2cc(-c3cc(S(=O)(=O)N4CCOCC4)cc(-c4cn(-c5ccc(S(=O)(=O)O)cc5)nn4)n3)nn2)cc1. The molecular weight excluding hydrogens is 653 g/mol. The van der Waals surface area contributed by atoms with E-state index in [2.05, 4.69) is 25.6 Å². The lowest BCUT2D eigenvalue weighted by atomic mass is 10.2. The van der Waals surface area contributed by atoms with Gasteiger partial charge in [-0.1, -0.05) is 10.4 Å². The first-order chi connectivity index (χ1) is 21.3. The number of nitrogens with zero attached hydrogens (tertiary/aromatic N) is 8. The third-order valence-corrected chi connectivity index (χ3v) is 10.3. The zero-order valence-electron chi connectivity index (χ0n) is 22.8. The molecular formula is C25H22N8O9S3. The summed E-state index contributed by atoms with van der Waals surface area (Å²) in [6, 6.07) is 13.1. The van der Waals surface area contributed by atoms with Crippen molar-refractivity contribution in [3.63, 3.8) is 0 Å². The fraction of sp³-hybridized carbons (Fsp3) is 0.160. The lowest BCUT2D eigenvalue weighted by molar-refractivity contribution is 0.0730. The standard InChI is InChI=1S/C25H22N8O9S3/c34-43(35,31-9-11-42-12-10-31)21-13-22(24-15-32(29-27-24)17-1-5-19(6-2-17)44(36,37)38)26-23(14-21)25-16-33(30-28-25)18-3-7-20(8-4-18)45(39,40)41/h1-8,13-16H,9-12H2,(H,36,37,38)(H,39,40,41). The Bertz CT molecular complexity index is 2080. The van der Waals surface area contributed by atoms with Crippen molar-refractivity contribution in [1.29, 1.82) is 0 Å². The van der Waals surface area contributed by atoms with Gasteiger partial charge in [0.2, 0.25) is 10.0 Å². The van der Waals surface area contributed by atoms with E-state index in [-0.39, 0.29) is 63.8 Å². The molecule has 0 saturated carbocycles. The molecule has 5 aromatic rings. The predicted octanol–water partition coefficient (Wildman–Crippen LogP) is 1.09. The van der Waals surface area contributed by atoms with Crippen LogP contribution in [0.2, 0.25) is 0 Å². The van der Waals surface area contributed by atoms with Crippen LogP contribution in [0.4, 0.5) is 0 Å². The molecule has 1 aliphatic heterocycles. The quantitative estimate of drug-likeness (QED) is 0.220. The highest BCUT2D eigenvalue weighted by Crippen LogP contribution is 2.28. The van der Waals surface area contributed by atoms with Crippen LogP contribution in [-0.2, 0) is 35.0 Å². The Kier molecular flexibility index (Phi) is 7.81. The molecule has 1 fully saturated rings. The van der Waals surface area contributed by atoms with Gasteiger partial charge in [0, 0.05) is 13.1 Å². The highest BCUT2D eigenvalue weighted by molar-refractivity contribution is 7.89. The summed E-state index contributed by atoms with van der Waals surface area (Å²) in [4.78, 5) is 3.87. The van der Waals surface area contributed by atoms with E-state index >= 15 is 0 Å². The molecule has 45 heavy (non-hydrogen) atoms. The minimum absolute atomic E-state index is 0.0940. The normalized spacial score (nSPS) is 14.9. The van der Waals surface area contributed by atoms with E-state index in [1.165, 1.54) is 86.7 Å². The van der Waals surface area contributed by atoms with Crippen molar-refractivity contribution in [2.75, 3.05) is 26.3 Å². The highest BCUT2D eigenvalue weighted by Gasteiger charge is 2.28. The molecule has 1 aliphatic rings. The summed E-state index contributed by atoms with van der Waals surface area (Å²) in [7, 11) is -12.8. The van der Waals surface area contributed by atoms with E-state index < -0.39 is 30.3 Å². The molecule has 20 heteroatoms. The molecule has 17 nitrogen and oxygen atoms in total. The fourth-order valence-electron chi connectivity index (χ4n) is 4.41. The highest BCUT2D eigenvalue weighted by atomic mass is 32.2. The molecule has 0 bridgehead atoms. The maximum Gasteiger partial charge on any atom is 0.294 e. The molecule has 234 valence electrons. The van der Waals surface area contributed by atoms with Crippen molar-refractivity contribution in [3.05, 3.63) is 73.1 Å². The van der Waals surface area contributed by atoms with Gasteiger partial charge in [0.05, 0.1) is 63.1 Å². The van der Waals surface area contributed by atoms with Crippen LogP contribution >= 0.6 is 0 Å². The van der Waals surface area contributed by atoms with Gasteiger partial charge >= 0.3 is 0 Å². The molecule has 6 rings (SSSR count). The van der Waals surface area contributed by atoms with Crippen molar-refractivity contribution in [2.45, 2.75) is 14.7 Å². The number of morpholine rings is 1. The number of hydrogen-bond donors (Lipinski definition) is 2. The Morgan fingerprint density at radius 3 is 1.42 bits per heavy atom. The first-order valence-electron chi connectivity index (χ1n) is 12.9. The van der Waals surface area contributed by atoms with Crippen molar-refractivity contribution in [3.8, 4) is 34.2 Å². The average molecular weight is 675 g/mol. The molecule has 0 radical (unpaired) electrons. The number of hydrogen-bond acceptors (Lipinski definition) is 12. The lowest BCUT2D eigenvalue weighted by Crippen LogP contribution is -2.40. The molecule has 4 heterocycles. The zero-order chi connectivity index (χ0) is 32.0. The Morgan fingerprint density at radius 2 is 1.02 bits per heavy atom. The fourth-order valence-corrected chi connectivity index (χ4v) is 6.82. The smallest absolute Gasteiger partial charge is 0.294 e. The molecule has 0 atom stereocenters. The maximum absolute atomic E-state index is 13.7. The molecule has 2 N–H and O–H groups in total. The summed E-state index contributed by atoms with van der Waals surface area (Å²) >= 11 is 0. The summed E-state index contributed by atoms with van der Waals surface area (Å²) in [5, 5.41) is 16.4. The van der Waals surface area contributed by atoms with Gasteiger partial charge in [-0.25, -0.2) is 22.8 Å². The molecule has 3 aromatic heterocycles. The summed E-state index contributed by atoms with van der Waals surface area (Å²) in [6.45, 7) is 0.778. The van der Waals surface area contributed by atoms with Crippen molar-refractivity contribution >= 4 is 30.3 Å². The van der Waals surface area contributed by atoms with Crippen LogP contribution in [0, 0.1) is 0 Å². The number of sulfonamides is 1. The molecule has 0 aliphatic carbocycles. The van der Waals surface area contributed by atoms with Gasteiger partial charge < -0.3 is 4.74 Å². The zero-order valence-corrected chi connectivity index (χ0v) is 25.3. The van der Waals surface area contributed by atoms with Crippen LogP contribution in [0.25, 0.3) is 34.2 Å². The Balaban J connectivity index is 1.40. The van der Waals surface area contributed by atoms with Crippen LogP contribution in [0.5, 0.6) is 0 Å². The Labute approximate surface area is 256 Å². The predicted molar refractivity (Wildman–Crippen MR) is 154 cm³/mol. The van der Waals surface area contributed by atoms with Crippen LogP contribution in [-0.4, -0.2) is 99.9 Å². The molecule has 1 saturated heterocycles. The number of aromatic nitrogens is 7. The first kappa shape index (κ1) is 30.6. The van der Waals surface area contributed by atoms with Gasteiger partial charge in [-0.3, -0.25) is 9.11 Å². The van der Waals surface area contributed by atoms with Crippen LogP contribution in [0.15, 0.2) is 87.7 Å². The van der Waals surface area contributed by atoms with Crippen molar-refractivity contribution < 1.29 is 39.1 Å². The summed E-state index contributed by atoms with van der Waals surface area (Å²) in [5.41, 5.74) is 1.44. The van der Waals surface area contributed by atoms with Gasteiger partial charge in [0.15, 0.2) is 0 Å². The third-order valence-electron chi connectivity index (χ3n) is 6.72. The monoisotopic (exact) mass is 674 g/mol. The first-order valence-corrected chi connectivity index (χ1v) is 17.2. The minimum Gasteiger partial charge on any atom is -0.379 e. The maximum atomic E-state index is 13.7. The van der Waals surface area contributed by atoms with Crippen LogP contribution in [0.1, 0.15) is 0 Å². The number of ether oxygens (including phenoxy) is 1. The third kappa shape index (κ3) is 6.38. The molecule has 0 amide bonds. The van der Waals surface area contributed by atoms with Gasteiger partial charge in [0.25, 0.3) is 20.2 Å². The topological polar surface area (TPSA) is 230 Å². The lowest BCUT2D eigenvalue weighted by Gasteiger charge is -2.26. The second-order valence-electron chi connectivity index (χ2n) is 9.62. The largest absolute Gasteiger partial charge is 0.379 e.